The lowest BCUT2D eigenvalue weighted by Gasteiger charge is -2.39. The third kappa shape index (κ3) is 2.72. The number of hydrogen-bond donors (Lipinski definition) is 0. The van der Waals surface area contributed by atoms with Gasteiger partial charge in [-0.25, -0.2) is 0 Å². The van der Waals surface area contributed by atoms with Crippen molar-refractivity contribution in [1.82, 2.24) is 0 Å². The molecule has 4 unspecified atom stereocenters. The molecule has 13 heavy (non-hydrogen) atoms. The van der Waals surface area contributed by atoms with Crippen molar-refractivity contribution >= 4 is 0 Å². The van der Waals surface area contributed by atoms with Crippen molar-refractivity contribution in [1.29, 1.82) is 0 Å². The van der Waals surface area contributed by atoms with Gasteiger partial charge in [0.25, 0.3) is 0 Å². The minimum Gasteiger partial charge on any atom is -0.0654 e. The van der Waals surface area contributed by atoms with E-state index < -0.39 is 0 Å². The molecule has 0 heterocycles. The summed E-state index contributed by atoms with van der Waals surface area (Å²) >= 11 is 0. The summed E-state index contributed by atoms with van der Waals surface area (Å²) in [5.74, 6) is 4.02. The summed E-state index contributed by atoms with van der Waals surface area (Å²) in [7, 11) is 0. The van der Waals surface area contributed by atoms with E-state index in [1.807, 2.05) is 0 Å². The largest absolute Gasteiger partial charge is 0.0654 e. The molecule has 1 fully saturated rings. The summed E-state index contributed by atoms with van der Waals surface area (Å²) < 4.78 is 0. The Kier molecular flexibility index (Phi) is 4.28. The Balaban J connectivity index is 2.54. The third-order valence-corrected chi connectivity index (χ3v) is 3.95. The molecule has 1 aliphatic rings. The van der Waals surface area contributed by atoms with Crippen LogP contribution in [0, 0.1) is 23.7 Å². The van der Waals surface area contributed by atoms with Crippen LogP contribution in [0.3, 0.4) is 0 Å². The summed E-state index contributed by atoms with van der Waals surface area (Å²) in [5.41, 5.74) is 0. The number of hydrogen-bond acceptors (Lipinski definition) is 0. The fourth-order valence-electron chi connectivity index (χ4n) is 3.50. The molecule has 0 aliphatic heterocycles. The van der Waals surface area contributed by atoms with Crippen molar-refractivity contribution in [2.75, 3.05) is 0 Å². The van der Waals surface area contributed by atoms with E-state index >= 15 is 0 Å². The van der Waals surface area contributed by atoms with E-state index in [0.717, 1.165) is 23.7 Å². The molecule has 0 nitrogen and oxygen atoms in total. The first-order chi connectivity index (χ1) is 6.19. The van der Waals surface area contributed by atoms with Gasteiger partial charge < -0.3 is 0 Å². The molecule has 78 valence electrons. The highest BCUT2D eigenvalue weighted by Gasteiger charge is 2.31. The maximum Gasteiger partial charge on any atom is -0.0362 e. The lowest BCUT2D eigenvalue weighted by atomic mass is 9.66. The van der Waals surface area contributed by atoms with Crippen LogP contribution in [0.2, 0.25) is 0 Å². The van der Waals surface area contributed by atoms with Crippen LogP contribution >= 0.6 is 0 Å². The van der Waals surface area contributed by atoms with Gasteiger partial charge in [-0.2, -0.15) is 0 Å². The van der Waals surface area contributed by atoms with Crippen molar-refractivity contribution in [3.63, 3.8) is 0 Å². The van der Waals surface area contributed by atoms with Crippen molar-refractivity contribution in [3.05, 3.63) is 0 Å². The Hall–Kier alpha value is 0. The van der Waals surface area contributed by atoms with Gasteiger partial charge in [0.1, 0.15) is 0 Å². The zero-order chi connectivity index (χ0) is 9.84. The zero-order valence-electron chi connectivity index (χ0n) is 9.84. The SMILES string of the molecule is CCCC1CC(C)CC(C)C1CC. The fourth-order valence-corrected chi connectivity index (χ4v) is 3.50. The first-order valence-corrected chi connectivity index (χ1v) is 6.19. The van der Waals surface area contributed by atoms with Gasteiger partial charge in [-0.1, -0.05) is 47.0 Å². The van der Waals surface area contributed by atoms with Crippen LogP contribution in [0.25, 0.3) is 0 Å². The highest BCUT2D eigenvalue weighted by atomic mass is 14.4. The Labute approximate surface area is 84.1 Å². The summed E-state index contributed by atoms with van der Waals surface area (Å²) in [6.07, 6.45) is 7.21. The maximum absolute atomic E-state index is 2.46. The highest BCUT2D eigenvalue weighted by Crippen LogP contribution is 2.41. The van der Waals surface area contributed by atoms with E-state index in [-0.39, 0.29) is 0 Å². The van der Waals surface area contributed by atoms with Gasteiger partial charge in [0.15, 0.2) is 0 Å². The normalized spacial score (nSPS) is 40.6. The van der Waals surface area contributed by atoms with Gasteiger partial charge in [0, 0.05) is 0 Å². The van der Waals surface area contributed by atoms with Crippen molar-refractivity contribution < 1.29 is 0 Å². The molecular weight excluding hydrogens is 156 g/mol. The summed E-state index contributed by atoms with van der Waals surface area (Å²) in [6.45, 7) is 9.61. The molecule has 4 atom stereocenters. The Morgan fingerprint density at radius 1 is 1.08 bits per heavy atom. The van der Waals surface area contributed by atoms with Gasteiger partial charge in [-0.15, -0.1) is 0 Å². The van der Waals surface area contributed by atoms with E-state index in [1.54, 1.807) is 0 Å². The topological polar surface area (TPSA) is 0 Å². The van der Waals surface area contributed by atoms with Crippen LogP contribution in [0.1, 0.15) is 59.8 Å². The predicted molar refractivity (Wildman–Crippen MR) is 59.7 cm³/mol. The molecule has 0 saturated heterocycles. The first kappa shape index (κ1) is 11.1. The quantitative estimate of drug-likeness (QED) is 0.603. The molecule has 0 heteroatoms. The minimum atomic E-state index is 0.977. The monoisotopic (exact) mass is 182 g/mol. The fraction of sp³-hybridized carbons (Fsp3) is 1.00. The molecule has 1 saturated carbocycles. The third-order valence-electron chi connectivity index (χ3n) is 3.95. The van der Waals surface area contributed by atoms with Crippen molar-refractivity contribution in [3.8, 4) is 0 Å². The summed E-state index contributed by atoms with van der Waals surface area (Å²) in [6, 6.07) is 0. The van der Waals surface area contributed by atoms with E-state index in [0.29, 0.717) is 0 Å². The van der Waals surface area contributed by atoms with Crippen molar-refractivity contribution in [2.45, 2.75) is 59.8 Å². The highest BCUT2D eigenvalue weighted by molar-refractivity contribution is 4.81. The smallest absolute Gasteiger partial charge is 0.0362 e. The zero-order valence-corrected chi connectivity index (χ0v) is 9.84. The Morgan fingerprint density at radius 2 is 1.77 bits per heavy atom. The second-order valence-corrected chi connectivity index (χ2v) is 5.17. The van der Waals surface area contributed by atoms with E-state index in [1.165, 1.54) is 32.1 Å². The molecule has 0 aromatic carbocycles. The molecule has 1 aliphatic carbocycles. The van der Waals surface area contributed by atoms with Gasteiger partial charge in [-0.3, -0.25) is 0 Å². The average molecular weight is 182 g/mol. The second-order valence-electron chi connectivity index (χ2n) is 5.17. The van der Waals surface area contributed by atoms with E-state index in [2.05, 4.69) is 27.7 Å². The average Bonchev–Trinajstić information content (AvgIpc) is 2.04. The lowest BCUT2D eigenvalue weighted by Crippen LogP contribution is -2.30. The standard InChI is InChI=1S/C13H26/c1-5-7-12-9-10(3)8-11(4)13(12)6-2/h10-13H,5-9H2,1-4H3. The Morgan fingerprint density at radius 3 is 2.31 bits per heavy atom. The molecular formula is C13H26. The molecule has 0 amide bonds. The lowest BCUT2D eigenvalue weighted by molar-refractivity contribution is 0.112. The van der Waals surface area contributed by atoms with Crippen LogP contribution < -0.4 is 0 Å². The molecule has 0 N–H and O–H groups in total. The molecule has 1 rings (SSSR count). The van der Waals surface area contributed by atoms with Gasteiger partial charge in [-0.05, 0) is 36.5 Å². The summed E-state index contributed by atoms with van der Waals surface area (Å²) in [4.78, 5) is 0. The second kappa shape index (κ2) is 5.02. The molecule has 0 aromatic heterocycles. The molecule has 0 radical (unpaired) electrons. The van der Waals surface area contributed by atoms with Gasteiger partial charge in [0.05, 0.1) is 0 Å². The van der Waals surface area contributed by atoms with Gasteiger partial charge >= 0.3 is 0 Å². The summed E-state index contributed by atoms with van der Waals surface area (Å²) in [5, 5.41) is 0. The van der Waals surface area contributed by atoms with Crippen LogP contribution in [0.5, 0.6) is 0 Å². The van der Waals surface area contributed by atoms with E-state index in [9.17, 15) is 0 Å². The van der Waals surface area contributed by atoms with Crippen LogP contribution in [-0.4, -0.2) is 0 Å². The van der Waals surface area contributed by atoms with Crippen LogP contribution in [-0.2, 0) is 0 Å². The van der Waals surface area contributed by atoms with Crippen LogP contribution in [0.4, 0.5) is 0 Å². The molecule has 0 bridgehead atoms. The molecule has 0 spiro atoms. The maximum atomic E-state index is 2.46. The minimum absolute atomic E-state index is 0.977. The van der Waals surface area contributed by atoms with E-state index in [4.69, 9.17) is 0 Å². The molecule has 0 aromatic rings. The first-order valence-electron chi connectivity index (χ1n) is 6.19. The van der Waals surface area contributed by atoms with Crippen molar-refractivity contribution in [2.24, 2.45) is 23.7 Å². The Bertz CT molecular complexity index is 139. The van der Waals surface area contributed by atoms with Gasteiger partial charge in [0.2, 0.25) is 0 Å². The van der Waals surface area contributed by atoms with Crippen LogP contribution in [0.15, 0.2) is 0 Å². The number of rotatable bonds is 3. The predicted octanol–water partition coefficient (Wildman–Crippen LogP) is 4.49.